The highest BCUT2D eigenvalue weighted by Crippen LogP contribution is 2.29. The molecule has 0 amide bonds. The van der Waals surface area contributed by atoms with Crippen LogP contribution in [0.15, 0.2) is 23.4 Å². The molecule has 0 spiro atoms. The molecule has 1 heterocycles. The van der Waals surface area contributed by atoms with Gasteiger partial charge in [-0.15, -0.1) is 0 Å². The Bertz CT molecular complexity index is 520. The van der Waals surface area contributed by atoms with Crippen LogP contribution in [-0.2, 0) is 0 Å². The van der Waals surface area contributed by atoms with E-state index in [0.717, 1.165) is 43.7 Å². The SMILES string of the molecule is CCC1CN(C)CCCN1c1cc(Cl)ccc1/C(N)=N/O. The van der Waals surface area contributed by atoms with Gasteiger partial charge in [0, 0.05) is 35.4 Å². The summed E-state index contributed by atoms with van der Waals surface area (Å²) in [5.74, 6) is 0.120. The van der Waals surface area contributed by atoms with Crippen molar-refractivity contribution in [1.82, 2.24) is 4.90 Å². The van der Waals surface area contributed by atoms with Gasteiger partial charge < -0.3 is 20.7 Å². The van der Waals surface area contributed by atoms with E-state index < -0.39 is 0 Å². The zero-order valence-corrected chi connectivity index (χ0v) is 13.3. The Labute approximate surface area is 131 Å². The molecular formula is C15H23ClN4O. The van der Waals surface area contributed by atoms with E-state index in [2.05, 4.69) is 28.9 Å². The van der Waals surface area contributed by atoms with Gasteiger partial charge in [0.15, 0.2) is 5.84 Å². The molecule has 0 bridgehead atoms. The number of rotatable bonds is 3. The van der Waals surface area contributed by atoms with E-state index in [9.17, 15) is 0 Å². The molecule has 3 N–H and O–H groups in total. The topological polar surface area (TPSA) is 65.1 Å². The van der Waals surface area contributed by atoms with Crippen LogP contribution in [-0.4, -0.2) is 48.7 Å². The first-order valence-corrected chi connectivity index (χ1v) is 7.67. The van der Waals surface area contributed by atoms with Gasteiger partial charge in [-0.3, -0.25) is 0 Å². The molecule has 1 atom stereocenters. The standard InChI is InChI=1S/C15H23ClN4O/c1-3-12-10-19(2)7-4-8-20(12)14-9-11(16)5-6-13(14)15(17)18-21/h5-6,9,12,21H,3-4,7-8,10H2,1-2H3,(H2,17,18). The van der Waals surface area contributed by atoms with Gasteiger partial charge in [-0.1, -0.05) is 23.7 Å². The Morgan fingerprint density at radius 3 is 2.90 bits per heavy atom. The lowest BCUT2D eigenvalue weighted by Crippen LogP contribution is -2.40. The van der Waals surface area contributed by atoms with Crippen LogP contribution < -0.4 is 10.6 Å². The highest BCUT2D eigenvalue weighted by atomic mass is 35.5. The fraction of sp³-hybridized carbons (Fsp3) is 0.533. The molecule has 1 aliphatic rings. The second-order valence-electron chi connectivity index (χ2n) is 5.52. The molecular weight excluding hydrogens is 288 g/mol. The normalized spacial score (nSPS) is 21.4. The van der Waals surface area contributed by atoms with Crippen LogP contribution in [0.1, 0.15) is 25.3 Å². The van der Waals surface area contributed by atoms with Crippen LogP contribution in [0.25, 0.3) is 0 Å². The van der Waals surface area contributed by atoms with Crippen LogP contribution in [0.3, 0.4) is 0 Å². The third-order valence-electron chi connectivity index (χ3n) is 4.03. The maximum absolute atomic E-state index is 9.00. The molecule has 21 heavy (non-hydrogen) atoms. The summed E-state index contributed by atoms with van der Waals surface area (Å²) >= 11 is 6.16. The largest absolute Gasteiger partial charge is 0.409 e. The molecule has 5 nitrogen and oxygen atoms in total. The van der Waals surface area contributed by atoms with Crippen molar-refractivity contribution in [2.24, 2.45) is 10.9 Å². The Morgan fingerprint density at radius 1 is 1.48 bits per heavy atom. The van der Waals surface area contributed by atoms with E-state index in [1.807, 2.05) is 12.1 Å². The van der Waals surface area contributed by atoms with Crippen molar-refractivity contribution < 1.29 is 5.21 Å². The highest BCUT2D eigenvalue weighted by molar-refractivity contribution is 6.31. The van der Waals surface area contributed by atoms with Gasteiger partial charge in [0.05, 0.1) is 0 Å². The minimum Gasteiger partial charge on any atom is -0.409 e. The monoisotopic (exact) mass is 310 g/mol. The van der Waals surface area contributed by atoms with Crippen LogP contribution in [0.5, 0.6) is 0 Å². The lowest BCUT2D eigenvalue weighted by Gasteiger charge is -2.33. The predicted molar refractivity (Wildman–Crippen MR) is 87.5 cm³/mol. The van der Waals surface area contributed by atoms with Crippen molar-refractivity contribution in [2.75, 3.05) is 31.6 Å². The molecule has 1 aliphatic heterocycles. The van der Waals surface area contributed by atoms with E-state index in [4.69, 9.17) is 22.5 Å². The number of hydrogen-bond acceptors (Lipinski definition) is 4. The summed E-state index contributed by atoms with van der Waals surface area (Å²) in [6.07, 6.45) is 2.11. The Kier molecular flexibility index (Phi) is 5.31. The van der Waals surface area contributed by atoms with Gasteiger partial charge in [-0.05, 0) is 44.6 Å². The summed E-state index contributed by atoms with van der Waals surface area (Å²) in [7, 11) is 2.15. The van der Waals surface area contributed by atoms with Gasteiger partial charge in [0.1, 0.15) is 0 Å². The number of hydrogen-bond donors (Lipinski definition) is 2. The minimum absolute atomic E-state index is 0.120. The van der Waals surface area contributed by atoms with E-state index in [1.54, 1.807) is 6.07 Å². The number of oxime groups is 1. The van der Waals surface area contributed by atoms with Crippen molar-refractivity contribution in [3.63, 3.8) is 0 Å². The van der Waals surface area contributed by atoms with E-state index in [1.165, 1.54) is 0 Å². The molecule has 0 saturated carbocycles. The summed E-state index contributed by atoms with van der Waals surface area (Å²) in [6.45, 7) is 5.20. The molecule has 1 aromatic rings. The summed E-state index contributed by atoms with van der Waals surface area (Å²) < 4.78 is 0. The first-order chi connectivity index (χ1) is 10.1. The van der Waals surface area contributed by atoms with Crippen molar-refractivity contribution >= 4 is 23.1 Å². The number of anilines is 1. The highest BCUT2D eigenvalue weighted by Gasteiger charge is 2.25. The van der Waals surface area contributed by atoms with Crippen molar-refractivity contribution in [2.45, 2.75) is 25.8 Å². The van der Waals surface area contributed by atoms with Gasteiger partial charge in [-0.2, -0.15) is 0 Å². The number of halogens is 1. The minimum atomic E-state index is 0.120. The maximum Gasteiger partial charge on any atom is 0.172 e. The predicted octanol–water partition coefficient (Wildman–Crippen LogP) is 2.35. The number of benzene rings is 1. The Morgan fingerprint density at radius 2 is 2.24 bits per heavy atom. The maximum atomic E-state index is 9.00. The number of nitrogens with zero attached hydrogens (tertiary/aromatic N) is 3. The molecule has 0 aliphatic carbocycles. The van der Waals surface area contributed by atoms with Gasteiger partial charge in [0.2, 0.25) is 0 Å². The van der Waals surface area contributed by atoms with Crippen LogP contribution in [0.2, 0.25) is 5.02 Å². The van der Waals surface area contributed by atoms with Crippen LogP contribution in [0.4, 0.5) is 5.69 Å². The lowest BCUT2D eigenvalue weighted by molar-refractivity contribution is 0.318. The summed E-state index contributed by atoms with van der Waals surface area (Å²) in [6, 6.07) is 5.88. The average Bonchev–Trinajstić information content (AvgIpc) is 2.67. The van der Waals surface area contributed by atoms with Crippen molar-refractivity contribution in [3.8, 4) is 0 Å². The molecule has 2 rings (SSSR count). The number of amidine groups is 1. The van der Waals surface area contributed by atoms with Crippen LogP contribution in [0, 0.1) is 0 Å². The molecule has 6 heteroatoms. The quantitative estimate of drug-likeness (QED) is 0.389. The van der Waals surface area contributed by atoms with E-state index in [-0.39, 0.29) is 5.84 Å². The van der Waals surface area contributed by atoms with Crippen molar-refractivity contribution in [3.05, 3.63) is 28.8 Å². The second kappa shape index (κ2) is 7.00. The zero-order valence-electron chi connectivity index (χ0n) is 12.6. The first-order valence-electron chi connectivity index (χ1n) is 7.29. The summed E-state index contributed by atoms with van der Waals surface area (Å²) in [5.41, 5.74) is 7.50. The molecule has 116 valence electrons. The molecule has 0 aromatic heterocycles. The Balaban J connectivity index is 2.44. The van der Waals surface area contributed by atoms with Crippen molar-refractivity contribution in [1.29, 1.82) is 0 Å². The average molecular weight is 311 g/mol. The lowest BCUT2D eigenvalue weighted by atomic mass is 10.1. The third kappa shape index (κ3) is 3.60. The molecule has 1 unspecified atom stereocenters. The summed E-state index contributed by atoms with van der Waals surface area (Å²) in [4.78, 5) is 4.69. The van der Waals surface area contributed by atoms with Crippen LogP contribution >= 0.6 is 11.6 Å². The Hall–Kier alpha value is -1.46. The van der Waals surface area contributed by atoms with Gasteiger partial charge in [0.25, 0.3) is 0 Å². The molecule has 0 radical (unpaired) electrons. The van der Waals surface area contributed by atoms with E-state index >= 15 is 0 Å². The molecule has 1 saturated heterocycles. The fourth-order valence-corrected chi connectivity index (χ4v) is 3.09. The second-order valence-corrected chi connectivity index (χ2v) is 5.95. The fourth-order valence-electron chi connectivity index (χ4n) is 2.92. The van der Waals surface area contributed by atoms with Gasteiger partial charge >= 0.3 is 0 Å². The number of nitrogens with two attached hydrogens (primary N) is 1. The van der Waals surface area contributed by atoms with Gasteiger partial charge in [-0.25, -0.2) is 0 Å². The molecule has 1 aromatic carbocycles. The first kappa shape index (κ1) is 15.9. The van der Waals surface area contributed by atoms with E-state index in [0.29, 0.717) is 11.1 Å². The molecule has 1 fully saturated rings. The third-order valence-corrected chi connectivity index (χ3v) is 4.26. The number of likely N-dealkylation sites (N-methyl/N-ethyl adjacent to an activating group) is 1. The zero-order chi connectivity index (χ0) is 15.4. The summed E-state index contributed by atoms with van der Waals surface area (Å²) in [5, 5.41) is 12.8. The smallest absolute Gasteiger partial charge is 0.172 e.